The Morgan fingerprint density at radius 2 is 2.08 bits per heavy atom. The van der Waals surface area contributed by atoms with Crippen molar-refractivity contribution in [1.82, 2.24) is 4.57 Å². The van der Waals surface area contributed by atoms with Gasteiger partial charge >= 0.3 is 5.97 Å². The zero-order chi connectivity index (χ0) is 17.8. The van der Waals surface area contributed by atoms with Crippen molar-refractivity contribution in [1.29, 1.82) is 0 Å². The van der Waals surface area contributed by atoms with Crippen molar-refractivity contribution in [3.05, 3.63) is 64.9 Å². The lowest BCUT2D eigenvalue weighted by Gasteiger charge is -2.11. The smallest absolute Gasteiger partial charge is 0.340 e. The Bertz CT molecular complexity index is 855. The molecular weight excluding hydrogens is 336 g/mol. The van der Waals surface area contributed by atoms with Crippen LogP contribution in [-0.4, -0.2) is 22.2 Å². The van der Waals surface area contributed by atoms with E-state index in [2.05, 4.69) is 0 Å². The van der Waals surface area contributed by atoms with Crippen LogP contribution in [0.1, 0.15) is 16.8 Å². The van der Waals surface area contributed by atoms with Gasteiger partial charge in [0.1, 0.15) is 25.5 Å². The van der Waals surface area contributed by atoms with Gasteiger partial charge in [0, 0.05) is 6.92 Å². The molecule has 1 aromatic carbocycles. The lowest BCUT2D eigenvalue weighted by molar-refractivity contribution is -0.677. The molecule has 2 aromatic heterocycles. The average molecular weight is 357 g/mol. The molecule has 0 aliphatic rings. The molecule has 0 fully saturated rings. The Kier molecular flexibility index (Phi) is 5.31. The van der Waals surface area contributed by atoms with Crippen molar-refractivity contribution >= 4 is 17.3 Å². The molecule has 6 heteroatoms. The molecule has 0 saturated heterocycles. The highest BCUT2D eigenvalue weighted by atomic mass is 32.1. The standard InChI is InChI=1S/C19H21N2O3S/c1-14-20(2)9-10-21(14)11-12-24-19(23)17(22)18-16(8-13-25-18)15-6-4-3-5-7-15/h3-10,13,17,22H,11-12H2,1-2H3/q+1. The number of hydrogen-bond acceptors (Lipinski definition) is 4. The van der Waals surface area contributed by atoms with Crippen LogP contribution in [0, 0.1) is 6.92 Å². The molecule has 2 heterocycles. The van der Waals surface area contributed by atoms with Gasteiger partial charge in [0.05, 0.1) is 11.9 Å². The van der Waals surface area contributed by atoms with Crippen LogP contribution >= 0.6 is 11.3 Å². The van der Waals surface area contributed by atoms with Gasteiger partial charge in [0.25, 0.3) is 5.82 Å². The molecule has 130 valence electrons. The number of aromatic nitrogens is 2. The van der Waals surface area contributed by atoms with Crippen LogP contribution in [0.25, 0.3) is 11.1 Å². The summed E-state index contributed by atoms with van der Waals surface area (Å²) in [5, 5.41) is 12.3. The fourth-order valence-electron chi connectivity index (χ4n) is 2.65. The fourth-order valence-corrected chi connectivity index (χ4v) is 3.54. The van der Waals surface area contributed by atoms with Gasteiger partial charge in [-0.25, -0.2) is 13.9 Å². The second kappa shape index (κ2) is 7.63. The van der Waals surface area contributed by atoms with Crippen LogP contribution in [0.15, 0.2) is 54.2 Å². The predicted molar refractivity (Wildman–Crippen MR) is 96.0 cm³/mol. The average Bonchev–Trinajstić information content (AvgIpc) is 3.24. The van der Waals surface area contributed by atoms with Crippen LogP contribution in [0.4, 0.5) is 0 Å². The number of benzene rings is 1. The number of aliphatic hydroxyl groups is 1. The molecule has 0 bridgehead atoms. The van der Waals surface area contributed by atoms with Gasteiger partial charge < -0.3 is 9.84 Å². The number of imidazole rings is 1. The number of aryl methyl sites for hydroxylation is 1. The molecule has 0 spiro atoms. The van der Waals surface area contributed by atoms with E-state index in [1.807, 2.05) is 77.3 Å². The Hall–Kier alpha value is -2.44. The minimum absolute atomic E-state index is 0.220. The van der Waals surface area contributed by atoms with Crippen LogP contribution in [0.2, 0.25) is 0 Å². The predicted octanol–water partition coefficient (Wildman–Crippen LogP) is 2.63. The molecule has 0 amide bonds. The van der Waals surface area contributed by atoms with E-state index in [1.54, 1.807) is 0 Å². The highest BCUT2D eigenvalue weighted by molar-refractivity contribution is 7.10. The summed E-state index contributed by atoms with van der Waals surface area (Å²) in [6, 6.07) is 11.6. The van der Waals surface area contributed by atoms with Gasteiger partial charge in [-0.05, 0) is 22.6 Å². The van der Waals surface area contributed by atoms with Crippen LogP contribution in [0.3, 0.4) is 0 Å². The number of ether oxygens (including phenoxy) is 1. The molecule has 1 N–H and O–H groups in total. The molecule has 0 aliphatic carbocycles. The zero-order valence-electron chi connectivity index (χ0n) is 14.3. The monoisotopic (exact) mass is 357 g/mol. The summed E-state index contributed by atoms with van der Waals surface area (Å²) < 4.78 is 9.27. The minimum atomic E-state index is -1.27. The number of carbonyl (C=O) groups excluding carboxylic acids is 1. The van der Waals surface area contributed by atoms with Gasteiger partial charge in [0.2, 0.25) is 0 Å². The van der Waals surface area contributed by atoms with E-state index in [1.165, 1.54) is 11.3 Å². The van der Waals surface area contributed by atoms with E-state index in [9.17, 15) is 9.90 Å². The first-order chi connectivity index (χ1) is 12.1. The summed E-state index contributed by atoms with van der Waals surface area (Å²) in [5.41, 5.74) is 1.84. The minimum Gasteiger partial charge on any atom is -0.459 e. The van der Waals surface area contributed by atoms with Gasteiger partial charge in [-0.15, -0.1) is 11.3 Å². The third-order valence-corrected chi connectivity index (χ3v) is 5.19. The number of carbonyl (C=O) groups is 1. The van der Waals surface area contributed by atoms with Gasteiger partial charge in [-0.3, -0.25) is 0 Å². The van der Waals surface area contributed by atoms with Crippen molar-refractivity contribution in [2.45, 2.75) is 19.6 Å². The number of aliphatic hydroxyl groups excluding tert-OH is 1. The van der Waals surface area contributed by atoms with E-state index >= 15 is 0 Å². The number of rotatable bonds is 6. The summed E-state index contributed by atoms with van der Waals surface area (Å²) >= 11 is 1.36. The largest absolute Gasteiger partial charge is 0.459 e. The first-order valence-electron chi connectivity index (χ1n) is 8.07. The lowest BCUT2D eigenvalue weighted by atomic mass is 10.0. The molecule has 3 rings (SSSR count). The van der Waals surface area contributed by atoms with Crippen molar-refractivity contribution < 1.29 is 19.2 Å². The highest BCUT2D eigenvalue weighted by Gasteiger charge is 2.24. The molecular formula is C19H21N2O3S+. The van der Waals surface area contributed by atoms with Crippen molar-refractivity contribution in [2.75, 3.05) is 6.61 Å². The summed E-state index contributed by atoms with van der Waals surface area (Å²) in [6.07, 6.45) is 2.62. The van der Waals surface area contributed by atoms with Crippen LogP contribution in [0.5, 0.6) is 0 Å². The first kappa shape index (κ1) is 17.4. The maximum atomic E-state index is 12.2. The van der Waals surface area contributed by atoms with Crippen LogP contribution in [-0.2, 0) is 23.1 Å². The quantitative estimate of drug-likeness (QED) is 0.545. The summed E-state index contributed by atoms with van der Waals surface area (Å²) in [7, 11) is 1.96. The molecule has 3 aromatic rings. The number of nitrogens with zero attached hydrogens (tertiary/aromatic N) is 2. The third kappa shape index (κ3) is 3.81. The Morgan fingerprint density at radius 3 is 2.76 bits per heavy atom. The van der Waals surface area contributed by atoms with E-state index in [4.69, 9.17) is 4.74 Å². The topological polar surface area (TPSA) is 55.3 Å². The van der Waals surface area contributed by atoms with Crippen LogP contribution < -0.4 is 4.57 Å². The maximum absolute atomic E-state index is 12.2. The zero-order valence-corrected chi connectivity index (χ0v) is 15.1. The maximum Gasteiger partial charge on any atom is 0.340 e. The summed E-state index contributed by atoms with van der Waals surface area (Å²) in [6.45, 7) is 2.77. The van der Waals surface area contributed by atoms with Crippen molar-refractivity contribution in [3.8, 4) is 11.1 Å². The third-order valence-electron chi connectivity index (χ3n) is 4.22. The fraction of sp³-hybridized carbons (Fsp3) is 0.263. The van der Waals surface area contributed by atoms with Gasteiger partial charge in [-0.1, -0.05) is 30.3 Å². The summed E-state index contributed by atoms with van der Waals surface area (Å²) in [5.74, 6) is 0.454. The molecule has 1 unspecified atom stereocenters. The van der Waals surface area contributed by atoms with E-state index < -0.39 is 12.1 Å². The summed E-state index contributed by atoms with van der Waals surface area (Å²) in [4.78, 5) is 12.8. The molecule has 25 heavy (non-hydrogen) atoms. The molecule has 0 aliphatic heterocycles. The van der Waals surface area contributed by atoms with Gasteiger partial charge in [-0.2, -0.15) is 0 Å². The number of esters is 1. The second-order valence-electron chi connectivity index (χ2n) is 5.78. The SMILES string of the molecule is Cc1n(CCOC(=O)C(O)c2sccc2-c2ccccc2)cc[n+]1C. The van der Waals surface area contributed by atoms with E-state index in [0.29, 0.717) is 11.4 Å². The second-order valence-corrected chi connectivity index (χ2v) is 6.73. The Balaban J connectivity index is 1.63. The van der Waals surface area contributed by atoms with Crippen molar-refractivity contribution in [3.63, 3.8) is 0 Å². The molecule has 0 radical (unpaired) electrons. The normalized spacial score (nSPS) is 12.1. The van der Waals surface area contributed by atoms with E-state index in [0.717, 1.165) is 17.0 Å². The Labute approximate surface area is 150 Å². The number of thiophene rings is 1. The Morgan fingerprint density at radius 1 is 1.32 bits per heavy atom. The molecule has 1 atom stereocenters. The van der Waals surface area contributed by atoms with Crippen molar-refractivity contribution in [2.24, 2.45) is 7.05 Å². The molecule has 0 saturated carbocycles. The first-order valence-corrected chi connectivity index (χ1v) is 8.95. The highest BCUT2D eigenvalue weighted by Crippen LogP contribution is 2.33. The van der Waals surface area contributed by atoms with E-state index in [-0.39, 0.29) is 6.61 Å². The molecule has 5 nitrogen and oxygen atoms in total. The number of hydrogen-bond donors (Lipinski definition) is 1. The van der Waals surface area contributed by atoms with Gasteiger partial charge in [0.15, 0.2) is 6.10 Å². The lowest BCUT2D eigenvalue weighted by Crippen LogP contribution is -2.30.